The number of carbonyl (C=O) groups is 1. The van der Waals surface area contributed by atoms with E-state index in [1.54, 1.807) is 36.7 Å². The molecule has 0 bridgehead atoms. The average Bonchev–Trinajstić information content (AvgIpc) is 2.64. The second kappa shape index (κ2) is 7.90. The van der Waals surface area contributed by atoms with Crippen LogP contribution >= 0.6 is 0 Å². The third-order valence-electron chi connectivity index (χ3n) is 4.34. The number of nitrogens with zero attached hydrogens (tertiary/aromatic N) is 2. The summed E-state index contributed by atoms with van der Waals surface area (Å²) in [5, 5.41) is 0. The van der Waals surface area contributed by atoms with Gasteiger partial charge in [-0.05, 0) is 55.2 Å². The van der Waals surface area contributed by atoms with E-state index in [9.17, 15) is 9.18 Å². The van der Waals surface area contributed by atoms with Gasteiger partial charge in [0.05, 0.1) is 24.2 Å². The minimum absolute atomic E-state index is 0.347. The molecule has 0 radical (unpaired) electrons. The molecule has 3 rings (SSSR count). The molecule has 1 aliphatic carbocycles. The Hall–Kier alpha value is -2.43. The topological polar surface area (TPSA) is 42.4 Å². The molecule has 1 aliphatic rings. The second-order valence-electron chi connectivity index (χ2n) is 6.10. The molecule has 0 aliphatic heterocycles. The van der Waals surface area contributed by atoms with Crippen molar-refractivity contribution in [3.05, 3.63) is 54.6 Å². The van der Waals surface area contributed by atoms with E-state index in [2.05, 4.69) is 4.98 Å². The monoisotopic (exact) mass is 328 g/mol. The van der Waals surface area contributed by atoms with E-state index in [1.807, 2.05) is 0 Å². The fourth-order valence-electron chi connectivity index (χ4n) is 3.04. The maximum Gasteiger partial charge on any atom is 0.419 e. The number of amides is 1. The molecule has 1 fully saturated rings. The Kier molecular flexibility index (Phi) is 5.41. The average molecular weight is 328 g/mol. The van der Waals surface area contributed by atoms with Crippen molar-refractivity contribution in [1.29, 1.82) is 0 Å². The Morgan fingerprint density at radius 2 is 1.88 bits per heavy atom. The van der Waals surface area contributed by atoms with E-state index in [4.69, 9.17) is 4.74 Å². The van der Waals surface area contributed by atoms with E-state index in [1.165, 1.54) is 36.3 Å². The van der Waals surface area contributed by atoms with Gasteiger partial charge < -0.3 is 4.74 Å². The zero-order valence-electron chi connectivity index (χ0n) is 13.5. The molecule has 4 nitrogen and oxygen atoms in total. The van der Waals surface area contributed by atoms with Crippen LogP contribution in [0.15, 0.2) is 48.8 Å². The van der Waals surface area contributed by atoms with Crippen molar-refractivity contribution < 1.29 is 13.9 Å². The first-order valence-electron chi connectivity index (χ1n) is 8.36. The molecule has 1 heterocycles. The molecule has 0 atom stereocenters. The van der Waals surface area contributed by atoms with E-state index in [0.717, 1.165) is 12.8 Å². The standard InChI is InChI=1S/C19H21FN2O2/c20-16-8-10-17(11-9-16)22(18-7-4-12-21-13-18)19(23)24-14-15-5-2-1-3-6-15/h4,7-13,15H,1-3,5-6,14H2. The van der Waals surface area contributed by atoms with Gasteiger partial charge >= 0.3 is 6.09 Å². The maximum atomic E-state index is 13.2. The molecule has 1 aromatic carbocycles. The van der Waals surface area contributed by atoms with Gasteiger partial charge in [0.25, 0.3) is 0 Å². The number of benzene rings is 1. The molecular weight excluding hydrogens is 307 g/mol. The zero-order chi connectivity index (χ0) is 16.8. The lowest BCUT2D eigenvalue weighted by Gasteiger charge is -2.25. The first-order valence-corrected chi connectivity index (χ1v) is 8.36. The molecule has 0 spiro atoms. The number of rotatable bonds is 4. The van der Waals surface area contributed by atoms with Crippen LogP contribution in [0.5, 0.6) is 0 Å². The molecule has 24 heavy (non-hydrogen) atoms. The van der Waals surface area contributed by atoms with Crippen molar-refractivity contribution in [2.45, 2.75) is 32.1 Å². The Labute approximate surface area is 141 Å². The van der Waals surface area contributed by atoms with Crippen LogP contribution in [0.2, 0.25) is 0 Å². The van der Waals surface area contributed by atoms with Crippen LogP contribution < -0.4 is 4.90 Å². The Morgan fingerprint density at radius 3 is 2.54 bits per heavy atom. The van der Waals surface area contributed by atoms with Crippen molar-refractivity contribution in [2.75, 3.05) is 11.5 Å². The van der Waals surface area contributed by atoms with Gasteiger partial charge in [0.1, 0.15) is 5.82 Å². The molecule has 0 unspecified atom stereocenters. The largest absolute Gasteiger partial charge is 0.449 e. The van der Waals surface area contributed by atoms with E-state index >= 15 is 0 Å². The fraction of sp³-hybridized carbons (Fsp3) is 0.368. The van der Waals surface area contributed by atoms with Crippen LogP contribution in [0.4, 0.5) is 20.6 Å². The Bertz CT molecular complexity index is 655. The highest BCUT2D eigenvalue weighted by molar-refractivity contribution is 5.95. The number of hydrogen-bond acceptors (Lipinski definition) is 3. The summed E-state index contributed by atoms with van der Waals surface area (Å²) < 4.78 is 18.7. The van der Waals surface area contributed by atoms with Gasteiger partial charge in [-0.1, -0.05) is 19.3 Å². The molecule has 0 N–H and O–H groups in total. The third-order valence-corrected chi connectivity index (χ3v) is 4.34. The van der Waals surface area contributed by atoms with Crippen LogP contribution in [0.3, 0.4) is 0 Å². The number of pyridine rings is 1. The predicted molar refractivity (Wildman–Crippen MR) is 90.7 cm³/mol. The summed E-state index contributed by atoms with van der Waals surface area (Å²) >= 11 is 0. The summed E-state index contributed by atoms with van der Waals surface area (Å²) in [6, 6.07) is 9.30. The van der Waals surface area contributed by atoms with Gasteiger partial charge in [0.15, 0.2) is 0 Å². The van der Waals surface area contributed by atoms with Gasteiger partial charge in [-0.2, -0.15) is 0 Å². The normalized spacial score (nSPS) is 15.0. The third kappa shape index (κ3) is 4.10. The van der Waals surface area contributed by atoms with Crippen LogP contribution in [0, 0.1) is 11.7 Å². The lowest BCUT2D eigenvalue weighted by Crippen LogP contribution is -2.29. The minimum Gasteiger partial charge on any atom is -0.449 e. The smallest absolute Gasteiger partial charge is 0.419 e. The van der Waals surface area contributed by atoms with Crippen molar-refractivity contribution in [3.63, 3.8) is 0 Å². The molecule has 1 amide bonds. The van der Waals surface area contributed by atoms with E-state index in [0.29, 0.717) is 23.9 Å². The first-order chi connectivity index (χ1) is 11.7. The van der Waals surface area contributed by atoms with Crippen molar-refractivity contribution in [2.24, 2.45) is 5.92 Å². The summed E-state index contributed by atoms with van der Waals surface area (Å²) in [5.41, 5.74) is 1.15. The lowest BCUT2D eigenvalue weighted by molar-refractivity contribution is 0.124. The molecule has 1 aromatic heterocycles. The van der Waals surface area contributed by atoms with Crippen molar-refractivity contribution >= 4 is 17.5 Å². The highest BCUT2D eigenvalue weighted by Gasteiger charge is 2.22. The molecule has 1 saturated carbocycles. The van der Waals surface area contributed by atoms with Crippen LogP contribution in [0.1, 0.15) is 32.1 Å². The van der Waals surface area contributed by atoms with Crippen LogP contribution in [0.25, 0.3) is 0 Å². The number of carbonyl (C=O) groups excluding carboxylic acids is 1. The summed E-state index contributed by atoms with van der Waals surface area (Å²) in [6.07, 6.45) is 8.65. The van der Waals surface area contributed by atoms with Crippen molar-refractivity contribution in [1.82, 2.24) is 4.98 Å². The molecule has 5 heteroatoms. The molecular formula is C19H21FN2O2. The maximum absolute atomic E-state index is 13.2. The summed E-state index contributed by atoms with van der Waals surface area (Å²) in [7, 11) is 0. The minimum atomic E-state index is -0.458. The predicted octanol–water partition coefficient (Wildman–Crippen LogP) is 5.08. The van der Waals surface area contributed by atoms with E-state index in [-0.39, 0.29) is 5.82 Å². The number of aromatic nitrogens is 1. The quantitative estimate of drug-likeness (QED) is 0.786. The Morgan fingerprint density at radius 1 is 1.12 bits per heavy atom. The molecule has 0 saturated heterocycles. The Balaban J connectivity index is 1.76. The van der Waals surface area contributed by atoms with Gasteiger partial charge in [0, 0.05) is 6.20 Å². The molecule has 126 valence electrons. The van der Waals surface area contributed by atoms with Crippen LogP contribution in [-0.2, 0) is 4.74 Å². The summed E-state index contributed by atoms with van der Waals surface area (Å²) in [5.74, 6) is 0.0899. The number of ether oxygens (including phenoxy) is 1. The molecule has 2 aromatic rings. The summed E-state index contributed by atoms with van der Waals surface area (Å²) in [6.45, 7) is 0.427. The first kappa shape index (κ1) is 16.4. The van der Waals surface area contributed by atoms with Gasteiger partial charge in [0.2, 0.25) is 0 Å². The van der Waals surface area contributed by atoms with Crippen LogP contribution in [-0.4, -0.2) is 17.7 Å². The summed E-state index contributed by atoms with van der Waals surface area (Å²) in [4.78, 5) is 18.1. The number of halogens is 1. The fourth-order valence-corrected chi connectivity index (χ4v) is 3.04. The highest BCUT2D eigenvalue weighted by Crippen LogP contribution is 2.27. The SMILES string of the molecule is O=C(OCC1CCCCC1)N(c1ccc(F)cc1)c1cccnc1. The second-order valence-corrected chi connectivity index (χ2v) is 6.10. The van der Waals surface area contributed by atoms with Gasteiger partial charge in [-0.15, -0.1) is 0 Å². The highest BCUT2D eigenvalue weighted by atomic mass is 19.1. The van der Waals surface area contributed by atoms with Gasteiger partial charge in [-0.25, -0.2) is 14.1 Å². The van der Waals surface area contributed by atoms with Crippen molar-refractivity contribution in [3.8, 4) is 0 Å². The van der Waals surface area contributed by atoms with Gasteiger partial charge in [-0.3, -0.25) is 4.98 Å². The number of hydrogen-bond donors (Lipinski definition) is 0. The lowest BCUT2D eigenvalue weighted by atomic mass is 9.90. The number of anilines is 2. The zero-order valence-corrected chi connectivity index (χ0v) is 13.5. The van der Waals surface area contributed by atoms with E-state index < -0.39 is 6.09 Å².